The second-order valence-corrected chi connectivity index (χ2v) is 4.25. The third kappa shape index (κ3) is 3.48. The zero-order chi connectivity index (χ0) is 13.7. The number of carboxylic acid groups (broad SMARTS) is 1. The molecule has 0 aliphatic rings. The number of hydrogen-bond acceptors (Lipinski definition) is 3. The van der Waals surface area contributed by atoms with E-state index in [-0.39, 0.29) is 6.04 Å². The molecule has 0 aromatic heterocycles. The maximum absolute atomic E-state index is 10.6. The Morgan fingerprint density at radius 3 is 2.72 bits per heavy atom. The van der Waals surface area contributed by atoms with Crippen LogP contribution < -0.4 is 10.1 Å². The molecule has 0 aliphatic carbocycles. The molecule has 5 heteroatoms. The van der Waals surface area contributed by atoms with Gasteiger partial charge in [0.25, 0.3) is 0 Å². The van der Waals surface area contributed by atoms with E-state index in [2.05, 4.69) is 5.32 Å². The van der Waals surface area contributed by atoms with Gasteiger partial charge in [-0.05, 0) is 31.7 Å². The van der Waals surface area contributed by atoms with Crippen molar-refractivity contribution in [3.05, 3.63) is 40.4 Å². The molecule has 1 unspecified atom stereocenters. The maximum atomic E-state index is 10.6. The highest BCUT2D eigenvalue weighted by Crippen LogP contribution is 2.32. The number of nitrogens with one attached hydrogen (secondary N) is 1. The fourth-order valence-corrected chi connectivity index (χ4v) is 2.08. The molecule has 1 aromatic carbocycles. The smallest absolute Gasteiger partial charge is 0.328 e. The Labute approximate surface area is 111 Å². The predicted octanol–water partition coefficient (Wildman–Crippen LogP) is 2.56. The molecule has 0 saturated heterocycles. The topological polar surface area (TPSA) is 58.6 Å². The van der Waals surface area contributed by atoms with Gasteiger partial charge in [0.2, 0.25) is 0 Å². The second kappa shape index (κ2) is 6.42. The van der Waals surface area contributed by atoms with Crippen molar-refractivity contribution in [2.75, 3.05) is 14.2 Å². The lowest BCUT2D eigenvalue weighted by Crippen LogP contribution is -2.15. The molecule has 2 N–H and O–H groups in total. The van der Waals surface area contributed by atoms with E-state index in [1.54, 1.807) is 32.4 Å². The molecule has 1 rings (SSSR count). The van der Waals surface area contributed by atoms with Crippen molar-refractivity contribution in [2.45, 2.75) is 13.0 Å². The van der Waals surface area contributed by atoms with Gasteiger partial charge in [-0.25, -0.2) is 4.79 Å². The van der Waals surface area contributed by atoms with Crippen LogP contribution >= 0.6 is 11.6 Å². The van der Waals surface area contributed by atoms with Gasteiger partial charge in [-0.15, -0.1) is 0 Å². The summed E-state index contributed by atoms with van der Waals surface area (Å²) in [5, 5.41) is 12.3. The Balaban J connectivity index is 3.23. The molecule has 98 valence electrons. The van der Waals surface area contributed by atoms with Gasteiger partial charge < -0.3 is 15.2 Å². The Kier molecular flexibility index (Phi) is 5.19. The highest BCUT2D eigenvalue weighted by Gasteiger charge is 2.15. The fraction of sp³-hybridized carbons (Fsp3) is 0.308. The van der Waals surface area contributed by atoms with Crippen molar-refractivity contribution < 1.29 is 14.6 Å². The van der Waals surface area contributed by atoms with E-state index >= 15 is 0 Å². The number of hydrogen-bond donors (Lipinski definition) is 2. The van der Waals surface area contributed by atoms with E-state index in [0.717, 1.165) is 17.2 Å². The number of carbonyl (C=O) groups is 1. The number of benzene rings is 1. The summed E-state index contributed by atoms with van der Waals surface area (Å²) in [5.41, 5.74) is 1.71. The van der Waals surface area contributed by atoms with Crippen LogP contribution in [-0.2, 0) is 4.79 Å². The Morgan fingerprint density at radius 2 is 2.22 bits per heavy atom. The first-order valence-electron chi connectivity index (χ1n) is 5.42. The van der Waals surface area contributed by atoms with Crippen molar-refractivity contribution in [1.82, 2.24) is 5.32 Å². The van der Waals surface area contributed by atoms with E-state index in [4.69, 9.17) is 21.4 Å². The average molecular weight is 270 g/mol. The summed E-state index contributed by atoms with van der Waals surface area (Å²) < 4.78 is 5.34. The molecule has 0 heterocycles. The van der Waals surface area contributed by atoms with Gasteiger partial charge in [0.1, 0.15) is 5.75 Å². The van der Waals surface area contributed by atoms with Crippen LogP contribution in [0.3, 0.4) is 0 Å². The van der Waals surface area contributed by atoms with E-state index < -0.39 is 5.97 Å². The number of likely N-dealkylation sites (N-methyl/N-ethyl adjacent to an activating group) is 1. The lowest BCUT2D eigenvalue weighted by molar-refractivity contribution is -0.131. The van der Waals surface area contributed by atoms with E-state index in [0.29, 0.717) is 10.8 Å². The second-order valence-electron chi connectivity index (χ2n) is 3.81. The first-order chi connectivity index (χ1) is 8.49. The standard InChI is InChI=1S/C13H16ClNO3/c1-8-6-9(14)7-10(13(8)18-3)11(15-2)4-5-12(16)17/h4-7,11,15H,1-3H3,(H,16,17)/b5-4+. The van der Waals surface area contributed by atoms with E-state index in [9.17, 15) is 4.79 Å². The first-order valence-corrected chi connectivity index (χ1v) is 5.79. The summed E-state index contributed by atoms with van der Waals surface area (Å²) in [7, 11) is 3.32. The molecule has 1 aromatic rings. The third-order valence-electron chi connectivity index (χ3n) is 2.55. The monoisotopic (exact) mass is 269 g/mol. The van der Waals surface area contributed by atoms with Crippen LogP contribution in [0, 0.1) is 6.92 Å². The lowest BCUT2D eigenvalue weighted by Gasteiger charge is -2.18. The molecule has 4 nitrogen and oxygen atoms in total. The molecule has 0 spiro atoms. The molecule has 1 atom stereocenters. The minimum atomic E-state index is -0.993. The van der Waals surface area contributed by atoms with Gasteiger partial charge in [0, 0.05) is 16.7 Å². The molecular weight excluding hydrogens is 254 g/mol. The SMILES string of the molecule is CNC(/C=C/C(=O)O)c1cc(Cl)cc(C)c1OC. The zero-order valence-corrected chi connectivity index (χ0v) is 11.3. The van der Waals surface area contributed by atoms with Gasteiger partial charge >= 0.3 is 5.97 Å². The van der Waals surface area contributed by atoms with Gasteiger partial charge in [0.15, 0.2) is 0 Å². The molecule has 0 radical (unpaired) electrons. The predicted molar refractivity (Wildman–Crippen MR) is 71.3 cm³/mol. The summed E-state index contributed by atoms with van der Waals surface area (Å²) in [4.78, 5) is 10.6. The highest BCUT2D eigenvalue weighted by atomic mass is 35.5. The Bertz CT molecular complexity index is 472. The van der Waals surface area contributed by atoms with Crippen molar-refractivity contribution in [2.24, 2.45) is 0 Å². The molecule has 18 heavy (non-hydrogen) atoms. The van der Waals surface area contributed by atoms with Gasteiger partial charge in [-0.2, -0.15) is 0 Å². The quantitative estimate of drug-likeness (QED) is 0.807. The molecule has 0 amide bonds. The van der Waals surface area contributed by atoms with Gasteiger partial charge in [-0.1, -0.05) is 17.7 Å². The van der Waals surface area contributed by atoms with Gasteiger partial charge in [-0.3, -0.25) is 0 Å². The summed E-state index contributed by atoms with van der Waals surface area (Å²) in [6, 6.07) is 3.30. The number of methoxy groups -OCH3 is 1. The molecule has 0 bridgehead atoms. The summed E-state index contributed by atoms with van der Waals surface area (Å²) >= 11 is 6.02. The number of aliphatic carboxylic acids is 1. The van der Waals surface area contributed by atoms with Crippen LogP contribution in [0.4, 0.5) is 0 Å². The van der Waals surface area contributed by atoms with Crippen LogP contribution in [0.25, 0.3) is 0 Å². The van der Waals surface area contributed by atoms with E-state index in [1.165, 1.54) is 0 Å². The molecule has 0 saturated carbocycles. The molecular formula is C13H16ClNO3. The third-order valence-corrected chi connectivity index (χ3v) is 2.77. The van der Waals surface area contributed by atoms with Gasteiger partial charge in [0.05, 0.1) is 13.2 Å². The van der Waals surface area contributed by atoms with Crippen LogP contribution in [-0.4, -0.2) is 25.2 Å². The van der Waals surface area contributed by atoms with Crippen LogP contribution in [0.1, 0.15) is 17.2 Å². The number of carboxylic acids is 1. The minimum Gasteiger partial charge on any atom is -0.496 e. The van der Waals surface area contributed by atoms with Crippen LogP contribution in [0.5, 0.6) is 5.75 Å². The van der Waals surface area contributed by atoms with Crippen LogP contribution in [0.2, 0.25) is 5.02 Å². The summed E-state index contributed by atoms with van der Waals surface area (Å²) in [6.45, 7) is 1.89. The Morgan fingerprint density at radius 1 is 1.56 bits per heavy atom. The average Bonchev–Trinajstić information content (AvgIpc) is 2.29. The summed E-state index contributed by atoms with van der Waals surface area (Å²) in [5.74, 6) is -0.290. The fourth-order valence-electron chi connectivity index (χ4n) is 1.80. The van der Waals surface area contributed by atoms with Crippen molar-refractivity contribution >= 4 is 17.6 Å². The van der Waals surface area contributed by atoms with Crippen molar-refractivity contribution in [3.63, 3.8) is 0 Å². The van der Waals surface area contributed by atoms with E-state index in [1.807, 2.05) is 6.92 Å². The van der Waals surface area contributed by atoms with Crippen molar-refractivity contribution in [3.8, 4) is 5.75 Å². The van der Waals surface area contributed by atoms with Crippen molar-refractivity contribution in [1.29, 1.82) is 0 Å². The first kappa shape index (κ1) is 14.5. The highest BCUT2D eigenvalue weighted by molar-refractivity contribution is 6.30. The summed E-state index contributed by atoms with van der Waals surface area (Å²) in [6.07, 6.45) is 2.65. The number of ether oxygens (including phenoxy) is 1. The number of rotatable bonds is 5. The number of aryl methyl sites for hydroxylation is 1. The molecule has 0 fully saturated rings. The molecule has 0 aliphatic heterocycles. The zero-order valence-electron chi connectivity index (χ0n) is 10.5. The minimum absolute atomic E-state index is 0.270. The number of halogens is 1. The van der Waals surface area contributed by atoms with Crippen LogP contribution in [0.15, 0.2) is 24.3 Å². The maximum Gasteiger partial charge on any atom is 0.328 e. The lowest BCUT2D eigenvalue weighted by atomic mass is 10.0. The largest absolute Gasteiger partial charge is 0.496 e. The Hall–Kier alpha value is -1.52. The normalized spacial score (nSPS) is 12.7.